The van der Waals surface area contributed by atoms with Crippen LogP contribution in [0.5, 0.6) is 0 Å². The second-order valence-corrected chi connectivity index (χ2v) is 9.32. The van der Waals surface area contributed by atoms with Gasteiger partial charge in [-0.2, -0.15) is 0 Å². The summed E-state index contributed by atoms with van der Waals surface area (Å²) in [6.45, 7) is 8.08. The van der Waals surface area contributed by atoms with Gasteiger partial charge in [0.2, 0.25) is 0 Å². The number of pyridine rings is 1. The number of hydrogen-bond donors (Lipinski definition) is 0. The molecule has 0 bridgehead atoms. The van der Waals surface area contributed by atoms with E-state index in [1.165, 1.54) is 12.8 Å². The maximum absolute atomic E-state index is 13.4. The van der Waals surface area contributed by atoms with E-state index in [-0.39, 0.29) is 11.3 Å². The van der Waals surface area contributed by atoms with E-state index in [0.717, 1.165) is 53.1 Å². The summed E-state index contributed by atoms with van der Waals surface area (Å²) in [6.07, 6.45) is 7.08. The molecule has 148 valence electrons. The van der Waals surface area contributed by atoms with Crippen LogP contribution in [0.1, 0.15) is 60.8 Å². The summed E-state index contributed by atoms with van der Waals surface area (Å²) in [7, 11) is 0. The van der Waals surface area contributed by atoms with Crippen molar-refractivity contribution in [2.24, 2.45) is 5.41 Å². The summed E-state index contributed by atoms with van der Waals surface area (Å²) >= 11 is 0. The summed E-state index contributed by atoms with van der Waals surface area (Å²) in [5, 5.41) is 0.907. The van der Waals surface area contributed by atoms with E-state index in [9.17, 15) is 4.79 Å². The van der Waals surface area contributed by atoms with Gasteiger partial charge in [-0.05, 0) is 49.3 Å². The smallest absolute Gasteiger partial charge is 0.254 e. The maximum atomic E-state index is 13.4. The Balaban J connectivity index is 1.59. The predicted octanol–water partition coefficient (Wildman–Crippen LogP) is 4.75. The minimum absolute atomic E-state index is 0.0867. The third-order valence-corrected chi connectivity index (χ3v) is 6.07. The Morgan fingerprint density at radius 3 is 2.55 bits per heavy atom. The molecular weight excluding hydrogens is 360 g/mol. The van der Waals surface area contributed by atoms with Gasteiger partial charge in [0.15, 0.2) is 0 Å². The van der Waals surface area contributed by atoms with Gasteiger partial charge in [-0.25, -0.2) is 15.0 Å². The number of aryl methyl sites for hydroxylation is 1. The molecule has 3 aromatic rings. The highest BCUT2D eigenvalue weighted by molar-refractivity contribution is 6.07. The van der Waals surface area contributed by atoms with Gasteiger partial charge in [0.1, 0.15) is 5.82 Å². The number of hydrogen-bond acceptors (Lipinski definition) is 4. The molecule has 1 aromatic carbocycles. The van der Waals surface area contributed by atoms with Crippen LogP contribution in [0.3, 0.4) is 0 Å². The van der Waals surface area contributed by atoms with Gasteiger partial charge in [0, 0.05) is 42.4 Å². The Kier molecular flexibility index (Phi) is 4.16. The second kappa shape index (κ2) is 6.61. The van der Waals surface area contributed by atoms with Crippen LogP contribution in [0.2, 0.25) is 0 Å². The van der Waals surface area contributed by atoms with E-state index >= 15 is 0 Å². The minimum Gasteiger partial charge on any atom is -0.338 e. The fourth-order valence-electron chi connectivity index (χ4n) is 4.14. The Morgan fingerprint density at radius 1 is 1.14 bits per heavy atom. The summed E-state index contributed by atoms with van der Waals surface area (Å²) < 4.78 is 0. The molecule has 1 amide bonds. The molecule has 0 radical (unpaired) electrons. The molecule has 0 atom stereocenters. The van der Waals surface area contributed by atoms with Gasteiger partial charge in [-0.15, -0.1) is 0 Å². The Bertz CT molecular complexity index is 1100. The van der Waals surface area contributed by atoms with E-state index in [4.69, 9.17) is 4.98 Å². The first-order valence-corrected chi connectivity index (χ1v) is 10.4. The first-order chi connectivity index (χ1) is 13.9. The molecule has 5 heteroatoms. The lowest BCUT2D eigenvalue weighted by Gasteiger charge is -2.21. The first kappa shape index (κ1) is 18.2. The fourth-order valence-corrected chi connectivity index (χ4v) is 4.14. The SMILES string of the molecule is Cc1ccc2c(C(=O)N3CCC(C)(C)C3)cc(-c3cnc(C4CC4)nc3)nc2c1. The molecule has 3 heterocycles. The number of fused-ring (bicyclic) bond motifs is 1. The second-order valence-electron chi connectivity index (χ2n) is 9.32. The van der Waals surface area contributed by atoms with Crippen molar-refractivity contribution in [3.63, 3.8) is 0 Å². The Labute approximate surface area is 171 Å². The van der Waals surface area contributed by atoms with E-state index < -0.39 is 0 Å². The van der Waals surface area contributed by atoms with Gasteiger partial charge in [0.25, 0.3) is 5.91 Å². The van der Waals surface area contributed by atoms with E-state index in [2.05, 4.69) is 23.8 Å². The third kappa shape index (κ3) is 3.50. The van der Waals surface area contributed by atoms with Crippen molar-refractivity contribution in [2.75, 3.05) is 13.1 Å². The molecule has 2 aliphatic rings. The van der Waals surface area contributed by atoms with Crippen LogP contribution < -0.4 is 0 Å². The van der Waals surface area contributed by atoms with Crippen molar-refractivity contribution in [2.45, 2.75) is 46.0 Å². The highest BCUT2D eigenvalue weighted by Crippen LogP contribution is 2.38. The Hall–Kier alpha value is -2.82. The average molecular weight is 386 g/mol. The third-order valence-electron chi connectivity index (χ3n) is 6.07. The summed E-state index contributed by atoms with van der Waals surface area (Å²) in [5.74, 6) is 1.52. The van der Waals surface area contributed by atoms with E-state index in [1.54, 1.807) is 0 Å². The molecule has 0 N–H and O–H groups in total. The lowest BCUT2D eigenvalue weighted by molar-refractivity contribution is 0.0780. The number of carbonyl (C=O) groups is 1. The summed E-state index contributed by atoms with van der Waals surface area (Å²) in [6, 6.07) is 8.02. The van der Waals surface area contributed by atoms with Gasteiger partial charge in [0.05, 0.1) is 16.8 Å². The van der Waals surface area contributed by atoms with Crippen molar-refractivity contribution in [1.82, 2.24) is 19.9 Å². The van der Waals surface area contributed by atoms with Crippen LogP contribution >= 0.6 is 0 Å². The largest absolute Gasteiger partial charge is 0.338 e. The molecule has 0 unspecified atom stereocenters. The van der Waals surface area contributed by atoms with E-state index in [0.29, 0.717) is 11.5 Å². The fraction of sp³-hybridized carbons (Fsp3) is 0.417. The predicted molar refractivity (Wildman–Crippen MR) is 114 cm³/mol. The van der Waals surface area contributed by atoms with Gasteiger partial charge in [-0.3, -0.25) is 4.79 Å². The molecule has 5 rings (SSSR count). The van der Waals surface area contributed by atoms with Crippen molar-refractivity contribution >= 4 is 16.8 Å². The molecule has 1 saturated carbocycles. The molecule has 0 spiro atoms. The van der Waals surface area contributed by atoms with E-state index in [1.807, 2.05) is 48.5 Å². The minimum atomic E-state index is 0.0867. The molecule has 2 aromatic heterocycles. The van der Waals surface area contributed by atoms with Crippen LogP contribution in [-0.2, 0) is 0 Å². The van der Waals surface area contributed by atoms with Gasteiger partial charge >= 0.3 is 0 Å². The van der Waals surface area contributed by atoms with Crippen molar-refractivity contribution < 1.29 is 4.79 Å². The topological polar surface area (TPSA) is 59.0 Å². The van der Waals surface area contributed by atoms with Crippen LogP contribution in [0.4, 0.5) is 0 Å². The van der Waals surface area contributed by atoms with Crippen molar-refractivity contribution in [1.29, 1.82) is 0 Å². The molecule has 5 nitrogen and oxygen atoms in total. The number of aromatic nitrogens is 3. The number of likely N-dealkylation sites (tertiary alicyclic amines) is 1. The number of benzene rings is 1. The average Bonchev–Trinajstić information content (AvgIpc) is 3.49. The van der Waals surface area contributed by atoms with Crippen LogP contribution in [-0.4, -0.2) is 38.8 Å². The monoisotopic (exact) mass is 386 g/mol. The lowest BCUT2D eigenvalue weighted by atomic mass is 9.93. The number of nitrogens with zero attached hydrogens (tertiary/aromatic N) is 4. The summed E-state index contributed by atoms with van der Waals surface area (Å²) in [4.78, 5) is 29.3. The highest BCUT2D eigenvalue weighted by atomic mass is 16.2. The zero-order valence-corrected chi connectivity index (χ0v) is 17.3. The standard InChI is InChI=1S/C24H26N4O/c1-15-4-7-18-19(23(29)28-9-8-24(2,3)14-28)11-20(27-21(18)10-15)17-12-25-22(26-13-17)16-5-6-16/h4,7,10-13,16H,5-6,8-9,14H2,1-3H3. The first-order valence-electron chi connectivity index (χ1n) is 10.4. The number of rotatable bonds is 3. The number of carbonyl (C=O) groups excluding carboxylic acids is 1. The highest BCUT2D eigenvalue weighted by Gasteiger charge is 2.33. The van der Waals surface area contributed by atoms with Gasteiger partial charge < -0.3 is 4.90 Å². The normalized spacial score (nSPS) is 18.4. The van der Waals surface area contributed by atoms with Crippen molar-refractivity contribution in [3.05, 3.63) is 53.6 Å². The maximum Gasteiger partial charge on any atom is 0.254 e. The molecule has 1 saturated heterocycles. The van der Waals surface area contributed by atoms with Crippen LogP contribution in [0, 0.1) is 12.3 Å². The lowest BCUT2D eigenvalue weighted by Crippen LogP contribution is -2.30. The molecule has 2 fully saturated rings. The van der Waals surface area contributed by atoms with Crippen LogP contribution in [0.25, 0.3) is 22.2 Å². The molecule has 1 aliphatic carbocycles. The molecule has 29 heavy (non-hydrogen) atoms. The zero-order chi connectivity index (χ0) is 20.2. The number of amides is 1. The molecular formula is C24H26N4O. The van der Waals surface area contributed by atoms with Gasteiger partial charge in [-0.1, -0.05) is 26.0 Å². The Morgan fingerprint density at radius 2 is 1.90 bits per heavy atom. The molecule has 1 aliphatic heterocycles. The van der Waals surface area contributed by atoms with Crippen LogP contribution in [0.15, 0.2) is 36.7 Å². The van der Waals surface area contributed by atoms with Crippen molar-refractivity contribution in [3.8, 4) is 11.3 Å². The quantitative estimate of drug-likeness (QED) is 0.652. The summed E-state index contributed by atoms with van der Waals surface area (Å²) in [5.41, 5.74) is 4.47. The zero-order valence-electron chi connectivity index (χ0n) is 17.3.